The second-order valence-electron chi connectivity index (χ2n) is 15.0. The normalized spacial score (nSPS) is 11.9. The zero-order valence-electron chi connectivity index (χ0n) is 38.7. The lowest BCUT2D eigenvalue weighted by atomic mass is 9.93. The standard InChI is InChI=1S/C43H76N8O8Si2/c1-10-54-60(55-11-2,56-12-3)30-18-22-46-42(52)44-20-16-24-48-26-28-50(35-48)33-40-37(7)32-38(8)41(39(40)9)34-51-29-27-49(36-51)25-17-21-45-43(53)47-23-19-31-61(57-13-4,58-14-5)59-15-6/h26-29,32,35-36H,10-25,30-31,33-34H2,1-9H3,(H2-2,44,45,46,47,52,53)/p+2. The Morgan fingerprint density at radius 3 is 1.20 bits per heavy atom. The highest BCUT2D eigenvalue weighted by atomic mass is 28.4. The number of amides is 4. The lowest BCUT2D eigenvalue weighted by molar-refractivity contribution is -0.689. The van der Waals surface area contributed by atoms with E-state index < -0.39 is 17.6 Å². The van der Waals surface area contributed by atoms with Crippen molar-refractivity contribution in [3.05, 3.63) is 71.3 Å². The fourth-order valence-corrected chi connectivity index (χ4v) is 12.7. The molecule has 61 heavy (non-hydrogen) atoms. The first kappa shape index (κ1) is 51.7. The van der Waals surface area contributed by atoms with Crippen LogP contribution in [0.5, 0.6) is 0 Å². The van der Waals surface area contributed by atoms with E-state index in [4.69, 9.17) is 26.6 Å². The Kier molecular flexibility index (Phi) is 23.9. The van der Waals surface area contributed by atoms with Crippen LogP contribution in [0, 0.1) is 20.8 Å². The van der Waals surface area contributed by atoms with Gasteiger partial charge in [0.1, 0.15) is 37.9 Å². The van der Waals surface area contributed by atoms with Crippen LogP contribution in [0.25, 0.3) is 0 Å². The van der Waals surface area contributed by atoms with E-state index in [1.807, 2.05) is 41.5 Å². The lowest BCUT2D eigenvalue weighted by Gasteiger charge is -2.28. The Bertz CT molecular complexity index is 1570. The zero-order chi connectivity index (χ0) is 44.5. The molecule has 3 rings (SSSR count). The quantitative estimate of drug-likeness (QED) is 0.0382. The average molecular weight is 891 g/mol. The van der Waals surface area contributed by atoms with Gasteiger partial charge in [-0.2, -0.15) is 0 Å². The molecule has 0 saturated carbocycles. The molecular formula is C43H78N8O8Si2+2. The molecule has 2 heterocycles. The molecular weight excluding hydrogens is 813 g/mol. The van der Waals surface area contributed by atoms with Crippen LogP contribution in [-0.4, -0.2) is 105 Å². The van der Waals surface area contributed by atoms with E-state index >= 15 is 0 Å². The number of urea groups is 2. The van der Waals surface area contributed by atoms with Crippen molar-refractivity contribution >= 4 is 29.7 Å². The number of hydrogen-bond acceptors (Lipinski definition) is 8. The van der Waals surface area contributed by atoms with Crippen molar-refractivity contribution in [2.75, 3.05) is 65.8 Å². The second kappa shape index (κ2) is 28.1. The number of aryl methyl sites for hydroxylation is 4. The molecule has 18 heteroatoms. The summed E-state index contributed by atoms with van der Waals surface area (Å²) in [6.45, 7) is 26.9. The van der Waals surface area contributed by atoms with Crippen molar-refractivity contribution in [3.63, 3.8) is 0 Å². The summed E-state index contributed by atoms with van der Waals surface area (Å²) in [5.41, 5.74) is 6.54. The molecule has 0 aliphatic rings. The van der Waals surface area contributed by atoms with Gasteiger partial charge in [-0.1, -0.05) is 6.07 Å². The summed E-state index contributed by atoms with van der Waals surface area (Å²) in [6.07, 6.45) is 15.8. The van der Waals surface area contributed by atoms with E-state index in [0.29, 0.717) is 77.9 Å². The first-order valence-electron chi connectivity index (χ1n) is 22.5. The molecule has 16 nitrogen and oxygen atoms in total. The highest BCUT2D eigenvalue weighted by Gasteiger charge is 2.40. The summed E-state index contributed by atoms with van der Waals surface area (Å²) in [5.74, 6) is 0. The molecule has 2 aromatic heterocycles. The largest absolute Gasteiger partial charge is 0.500 e. The van der Waals surface area contributed by atoms with Gasteiger partial charge in [-0.15, -0.1) is 0 Å². The number of aromatic nitrogens is 4. The summed E-state index contributed by atoms with van der Waals surface area (Å²) < 4.78 is 44.2. The summed E-state index contributed by atoms with van der Waals surface area (Å²) in [4.78, 5) is 24.8. The van der Waals surface area contributed by atoms with Crippen molar-refractivity contribution in [2.24, 2.45) is 0 Å². The molecule has 344 valence electrons. The third-order valence-electron chi connectivity index (χ3n) is 10.3. The monoisotopic (exact) mass is 891 g/mol. The fourth-order valence-electron chi connectivity index (χ4n) is 7.52. The SMILES string of the molecule is CCO[Si](CCCNC(=O)NCCCn1cc[n+](Cc2c(C)cc(C)c(C[n+]3ccn(CCCNC(=O)NCCC[Si](OCC)(OCC)OCC)c3)c2C)c1)(OCC)OCC. The number of benzene rings is 1. The van der Waals surface area contributed by atoms with Crippen LogP contribution in [0.2, 0.25) is 12.1 Å². The van der Waals surface area contributed by atoms with Gasteiger partial charge in [0, 0.05) is 90.8 Å². The third-order valence-corrected chi connectivity index (χ3v) is 16.6. The fraction of sp³-hybridized carbons (Fsp3) is 0.674. The van der Waals surface area contributed by atoms with Crippen LogP contribution < -0.4 is 30.4 Å². The Hall–Kier alpha value is -3.63. The molecule has 0 saturated heterocycles. The minimum atomic E-state index is -2.70. The first-order valence-corrected chi connectivity index (χ1v) is 26.4. The van der Waals surface area contributed by atoms with Gasteiger partial charge >= 0.3 is 29.7 Å². The van der Waals surface area contributed by atoms with Gasteiger partial charge in [-0.3, -0.25) is 0 Å². The molecule has 0 fully saturated rings. The van der Waals surface area contributed by atoms with E-state index in [2.05, 4.69) is 104 Å². The Balaban J connectivity index is 1.40. The second-order valence-corrected chi connectivity index (χ2v) is 20.4. The van der Waals surface area contributed by atoms with Gasteiger partial charge in [0.2, 0.25) is 12.7 Å². The van der Waals surface area contributed by atoms with Crippen LogP contribution in [0.4, 0.5) is 9.59 Å². The number of rotatable bonds is 32. The number of nitrogens with zero attached hydrogens (tertiary/aromatic N) is 4. The van der Waals surface area contributed by atoms with Crippen LogP contribution in [0.15, 0.2) is 43.5 Å². The van der Waals surface area contributed by atoms with E-state index in [1.54, 1.807) is 0 Å². The molecule has 4 N–H and O–H groups in total. The lowest BCUT2D eigenvalue weighted by Crippen LogP contribution is -2.46. The maximum Gasteiger partial charge on any atom is 0.500 e. The maximum atomic E-state index is 12.4. The highest BCUT2D eigenvalue weighted by molar-refractivity contribution is 6.61. The molecule has 0 radical (unpaired) electrons. The molecule has 0 aliphatic carbocycles. The number of nitrogens with one attached hydrogen (secondary N) is 4. The van der Waals surface area contributed by atoms with E-state index in [-0.39, 0.29) is 12.1 Å². The summed E-state index contributed by atoms with van der Waals surface area (Å²) in [6, 6.07) is 3.30. The molecule has 1 aromatic carbocycles. The van der Waals surface area contributed by atoms with E-state index in [0.717, 1.165) is 51.9 Å². The Labute approximate surface area is 367 Å². The number of imidazole rings is 2. The molecule has 3 aromatic rings. The van der Waals surface area contributed by atoms with Gasteiger partial charge in [0.25, 0.3) is 0 Å². The predicted octanol–water partition coefficient (Wildman–Crippen LogP) is 5.14. The van der Waals surface area contributed by atoms with Gasteiger partial charge in [0.15, 0.2) is 0 Å². The molecule has 4 amide bonds. The first-order chi connectivity index (χ1) is 29.5. The van der Waals surface area contributed by atoms with Gasteiger partial charge in [-0.05, 0) is 103 Å². The minimum Gasteiger partial charge on any atom is -0.374 e. The molecule has 0 bridgehead atoms. The summed E-state index contributed by atoms with van der Waals surface area (Å²) in [7, 11) is -5.40. The average Bonchev–Trinajstić information content (AvgIpc) is 3.88. The number of carbonyl (C=O) groups excluding carboxylic acids is 2. The minimum absolute atomic E-state index is 0.167. The van der Waals surface area contributed by atoms with Crippen molar-refractivity contribution < 1.29 is 45.3 Å². The van der Waals surface area contributed by atoms with Crippen molar-refractivity contribution in [1.82, 2.24) is 30.4 Å². The molecule has 0 unspecified atom stereocenters. The third kappa shape index (κ3) is 17.9. The van der Waals surface area contributed by atoms with Crippen LogP contribution in [0.1, 0.15) is 95.0 Å². The molecule has 0 atom stereocenters. The van der Waals surface area contributed by atoms with Gasteiger partial charge < -0.3 is 47.8 Å². The predicted molar refractivity (Wildman–Crippen MR) is 240 cm³/mol. The maximum absolute atomic E-state index is 12.4. The zero-order valence-corrected chi connectivity index (χ0v) is 40.7. The smallest absolute Gasteiger partial charge is 0.374 e. The van der Waals surface area contributed by atoms with Crippen LogP contribution in [0.3, 0.4) is 0 Å². The Morgan fingerprint density at radius 1 is 0.541 bits per heavy atom. The summed E-state index contributed by atoms with van der Waals surface area (Å²) in [5, 5.41) is 11.8. The Morgan fingerprint density at radius 2 is 0.869 bits per heavy atom. The molecule has 0 aliphatic heterocycles. The molecule has 0 spiro atoms. The van der Waals surface area contributed by atoms with E-state index in [9.17, 15) is 9.59 Å². The van der Waals surface area contributed by atoms with Crippen molar-refractivity contribution in [2.45, 2.75) is 126 Å². The number of carbonyl (C=O) groups is 2. The highest BCUT2D eigenvalue weighted by Crippen LogP contribution is 2.23. The van der Waals surface area contributed by atoms with Crippen molar-refractivity contribution in [1.29, 1.82) is 0 Å². The van der Waals surface area contributed by atoms with Gasteiger partial charge in [0.05, 0.1) is 13.1 Å². The topological polar surface area (TPSA) is 155 Å². The summed E-state index contributed by atoms with van der Waals surface area (Å²) >= 11 is 0. The van der Waals surface area contributed by atoms with Crippen LogP contribution >= 0.6 is 0 Å². The van der Waals surface area contributed by atoms with Gasteiger partial charge in [-0.25, -0.2) is 27.9 Å². The number of hydrogen-bond donors (Lipinski definition) is 4. The van der Waals surface area contributed by atoms with Crippen LogP contribution in [-0.2, 0) is 52.7 Å². The van der Waals surface area contributed by atoms with Crippen molar-refractivity contribution in [3.8, 4) is 0 Å². The van der Waals surface area contributed by atoms with E-state index in [1.165, 1.54) is 27.8 Å².